The predicted octanol–water partition coefficient (Wildman–Crippen LogP) is 1.35. The second kappa shape index (κ2) is 2.44. The first-order chi connectivity index (χ1) is 5.77. The molecule has 1 aliphatic carbocycles. The fraction of sp³-hybridized carbons (Fsp3) is 0.111. The van der Waals surface area contributed by atoms with Crippen molar-refractivity contribution in [3.05, 3.63) is 35.2 Å². The van der Waals surface area contributed by atoms with Crippen LogP contribution in [0, 0.1) is 0 Å². The van der Waals surface area contributed by atoms with Crippen LogP contribution in [0.25, 0.3) is 6.08 Å². The molecule has 0 bridgehead atoms. The van der Waals surface area contributed by atoms with E-state index in [1.165, 1.54) is 6.20 Å². The van der Waals surface area contributed by atoms with Crippen LogP contribution >= 0.6 is 0 Å². The summed E-state index contributed by atoms with van der Waals surface area (Å²) < 4.78 is 0. The van der Waals surface area contributed by atoms with E-state index in [4.69, 9.17) is 5.11 Å². The number of hydrogen-bond acceptors (Lipinski definition) is 2. The molecule has 0 radical (unpaired) electrons. The van der Waals surface area contributed by atoms with E-state index in [9.17, 15) is 4.79 Å². The van der Waals surface area contributed by atoms with Crippen LogP contribution in [0.3, 0.4) is 0 Å². The van der Waals surface area contributed by atoms with Crippen molar-refractivity contribution in [1.82, 2.24) is 4.98 Å². The number of hydrogen-bond donors (Lipinski definition) is 1. The molecule has 0 amide bonds. The third kappa shape index (κ3) is 0.993. The monoisotopic (exact) mass is 161 g/mol. The zero-order valence-corrected chi connectivity index (χ0v) is 6.32. The van der Waals surface area contributed by atoms with Gasteiger partial charge < -0.3 is 5.11 Å². The first-order valence-corrected chi connectivity index (χ1v) is 3.66. The van der Waals surface area contributed by atoms with Crippen molar-refractivity contribution in [2.45, 2.75) is 6.42 Å². The number of carboxylic acid groups (broad SMARTS) is 1. The minimum absolute atomic E-state index is 0.250. The van der Waals surface area contributed by atoms with Gasteiger partial charge in [0.15, 0.2) is 0 Å². The number of nitrogens with zero attached hydrogens (tertiary/aromatic N) is 1. The van der Waals surface area contributed by atoms with Crippen LogP contribution in [0.4, 0.5) is 0 Å². The normalized spacial score (nSPS) is 13.0. The number of allylic oxidation sites excluding steroid dienone is 1. The highest BCUT2D eigenvalue weighted by atomic mass is 16.4. The maximum atomic E-state index is 10.5. The molecule has 1 aliphatic rings. The van der Waals surface area contributed by atoms with Gasteiger partial charge in [-0.1, -0.05) is 12.2 Å². The second-order valence-electron chi connectivity index (χ2n) is 2.67. The lowest BCUT2D eigenvalue weighted by Crippen LogP contribution is -1.99. The zero-order valence-electron chi connectivity index (χ0n) is 6.32. The largest absolute Gasteiger partial charge is 0.478 e. The molecule has 1 aromatic rings. The highest BCUT2D eigenvalue weighted by molar-refractivity contribution is 5.88. The molecule has 1 N–H and O–H groups in total. The van der Waals surface area contributed by atoms with Crippen molar-refractivity contribution in [1.29, 1.82) is 0 Å². The minimum atomic E-state index is -0.925. The molecule has 3 heteroatoms. The number of fused-ring (bicyclic) bond motifs is 1. The van der Waals surface area contributed by atoms with Crippen LogP contribution in [0.2, 0.25) is 0 Å². The van der Waals surface area contributed by atoms with Crippen LogP contribution in [0.15, 0.2) is 18.3 Å². The Bertz CT molecular complexity index is 369. The van der Waals surface area contributed by atoms with Gasteiger partial charge in [-0.05, 0) is 11.6 Å². The van der Waals surface area contributed by atoms with Gasteiger partial charge >= 0.3 is 5.97 Å². The van der Waals surface area contributed by atoms with E-state index in [1.807, 2.05) is 12.2 Å². The minimum Gasteiger partial charge on any atom is -0.478 e. The van der Waals surface area contributed by atoms with E-state index >= 15 is 0 Å². The van der Waals surface area contributed by atoms with Crippen LogP contribution in [0.1, 0.15) is 21.6 Å². The van der Waals surface area contributed by atoms with E-state index < -0.39 is 5.97 Å². The fourth-order valence-corrected chi connectivity index (χ4v) is 1.24. The Morgan fingerprint density at radius 2 is 2.42 bits per heavy atom. The lowest BCUT2D eigenvalue weighted by Gasteiger charge is -1.98. The molecule has 60 valence electrons. The van der Waals surface area contributed by atoms with E-state index in [0.717, 1.165) is 17.7 Å². The van der Waals surface area contributed by atoms with Gasteiger partial charge in [-0.25, -0.2) is 4.79 Å². The summed E-state index contributed by atoms with van der Waals surface area (Å²) >= 11 is 0. The van der Waals surface area contributed by atoms with Crippen LogP contribution < -0.4 is 0 Å². The maximum Gasteiger partial charge on any atom is 0.337 e. The molecular weight excluding hydrogens is 154 g/mol. The van der Waals surface area contributed by atoms with E-state index in [-0.39, 0.29) is 5.56 Å². The number of carboxylic acids is 1. The van der Waals surface area contributed by atoms with Crippen molar-refractivity contribution in [2.24, 2.45) is 0 Å². The molecule has 0 fully saturated rings. The maximum absolute atomic E-state index is 10.5. The summed E-state index contributed by atoms with van der Waals surface area (Å²) in [6, 6.07) is 1.65. The summed E-state index contributed by atoms with van der Waals surface area (Å²) in [5, 5.41) is 8.65. The van der Waals surface area contributed by atoms with Crippen molar-refractivity contribution in [3.63, 3.8) is 0 Å². The predicted molar refractivity (Wildman–Crippen MR) is 43.9 cm³/mol. The first-order valence-electron chi connectivity index (χ1n) is 3.66. The van der Waals surface area contributed by atoms with Gasteiger partial charge in [-0.2, -0.15) is 0 Å². The summed E-state index contributed by atoms with van der Waals surface area (Å²) in [5.41, 5.74) is 2.13. The number of rotatable bonds is 1. The highest BCUT2D eigenvalue weighted by Gasteiger charge is 2.09. The van der Waals surface area contributed by atoms with Gasteiger partial charge in [-0.15, -0.1) is 0 Å². The highest BCUT2D eigenvalue weighted by Crippen LogP contribution is 2.17. The smallest absolute Gasteiger partial charge is 0.337 e. The molecule has 0 aromatic carbocycles. The Balaban J connectivity index is 2.51. The van der Waals surface area contributed by atoms with E-state index in [2.05, 4.69) is 4.98 Å². The number of carbonyl (C=O) groups is 1. The number of aromatic carboxylic acids is 1. The van der Waals surface area contributed by atoms with Gasteiger partial charge in [0, 0.05) is 12.6 Å². The zero-order chi connectivity index (χ0) is 8.55. The molecule has 2 rings (SSSR count). The van der Waals surface area contributed by atoms with Crippen molar-refractivity contribution < 1.29 is 9.90 Å². The Morgan fingerprint density at radius 1 is 1.58 bits per heavy atom. The quantitative estimate of drug-likeness (QED) is 0.676. The van der Waals surface area contributed by atoms with Gasteiger partial charge in [0.05, 0.1) is 11.3 Å². The third-order valence-corrected chi connectivity index (χ3v) is 1.86. The average molecular weight is 161 g/mol. The fourth-order valence-electron chi connectivity index (χ4n) is 1.24. The molecule has 0 spiro atoms. The number of aromatic nitrogens is 1. The topological polar surface area (TPSA) is 50.2 Å². The Hall–Kier alpha value is -1.64. The Morgan fingerprint density at radius 3 is 3.17 bits per heavy atom. The third-order valence-electron chi connectivity index (χ3n) is 1.86. The molecule has 0 aliphatic heterocycles. The molecule has 0 unspecified atom stereocenters. The SMILES string of the molecule is O=C(O)c1cnc2c(c1)C=CC2. The summed E-state index contributed by atoms with van der Waals surface area (Å²) in [7, 11) is 0. The van der Waals surface area contributed by atoms with E-state index in [1.54, 1.807) is 6.07 Å². The Labute approximate surface area is 69.4 Å². The lowest BCUT2D eigenvalue weighted by molar-refractivity contribution is 0.0696. The van der Waals surface area contributed by atoms with Crippen LogP contribution in [-0.4, -0.2) is 16.1 Å². The van der Waals surface area contributed by atoms with Gasteiger partial charge in [0.2, 0.25) is 0 Å². The van der Waals surface area contributed by atoms with Crippen molar-refractivity contribution in [2.75, 3.05) is 0 Å². The average Bonchev–Trinajstić information content (AvgIpc) is 2.49. The number of pyridine rings is 1. The molecule has 1 heterocycles. The molecule has 1 aromatic heterocycles. The second-order valence-corrected chi connectivity index (χ2v) is 2.67. The summed E-state index contributed by atoms with van der Waals surface area (Å²) in [4.78, 5) is 14.6. The van der Waals surface area contributed by atoms with E-state index in [0.29, 0.717) is 0 Å². The standard InChI is InChI=1S/C9H7NO2/c11-9(12)7-4-6-2-1-3-8(6)10-5-7/h1-2,4-5H,3H2,(H,11,12). The summed E-state index contributed by atoms with van der Waals surface area (Å²) in [6.45, 7) is 0. The van der Waals surface area contributed by atoms with Gasteiger partial charge in [-0.3, -0.25) is 4.98 Å². The molecule has 3 nitrogen and oxygen atoms in total. The summed E-state index contributed by atoms with van der Waals surface area (Å²) in [6.07, 6.45) is 6.08. The molecule has 0 saturated heterocycles. The lowest BCUT2D eigenvalue weighted by atomic mass is 10.2. The first kappa shape index (κ1) is 7.03. The van der Waals surface area contributed by atoms with Crippen molar-refractivity contribution >= 4 is 12.0 Å². The molecule has 0 atom stereocenters. The molecule has 12 heavy (non-hydrogen) atoms. The van der Waals surface area contributed by atoms with Crippen molar-refractivity contribution in [3.8, 4) is 0 Å². The van der Waals surface area contributed by atoms with Gasteiger partial charge in [0.25, 0.3) is 0 Å². The molecular formula is C9H7NO2. The van der Waals surface area contributed by atoms with Crippen LogP contribution in [0.5, 0.6) is 0 Å². The van der Waals surface area contributed by atoms with Gasteiger partial charge in [0.1, 0.15) is 0 Å². The summed E-state index contributed by atoms with van der Waals surface area (Å²) in [5.74, 6) is -0.925. The van der Waals surface area contributed by atoms with Crippen LogP contribution in [-0.2, 0) is 6.42 Å². The molecule has 0 saturated carbocycles. The Kier molecular flexibility index (Phi) is 1.43.